The van der Waals surface area contributed by atoms with Gasteiger partial charge in [-0.3, -0.25) is 14.5 Å². The van der Waals surface area contributed by atoms with Crippen molar-refractivity contribution >= 4 is 29.2 Å². The van der Waals surface area contributed by atoms with Gasteiger partial charge < -0.3 is 9.84 Å². The first-order chi connectivity index (χ1) is 14.8. The van der Waals surface area contributed by atoms with Crippen LogP contribution in [-0.4, -0.2) is 44.3 Å². The number of aliphatic hydroxyl groups is 1. The Morgan fingerprint density at radius 2 is 1.61 bits per heavy atom. The minimum Gasteiger partial charge on any atom is -0.437 e. The van der Waals surface area contributed by atoms with Crippen LogP contribution in [0.4, 0.5) is 0 Å². The van der Waals surface area contributed by atoms with Gasteiger partial charge in [0.1, 0.15) is 11.5 Å². The van der Waals surface area contributed by atoms with Crippen LogP contribution in [0, 0.1) is 17.8 Å². The molecule has 6 rings (SSSR count). The first-order valence-electron chi connectivity index (χ1n) is 11.4. The SMILES string of the molecule is CC(=O)O[C@@H]1C(c2ccccc2)=C[C@@H](O)[C@H](SC23CC4CC(CC(C4)C2)C3)N1C(C)=O. The highest BCUT2D eigenvalue weighted by Crippen LogP contribution is 2.62. The van der Waals surface area contributed by atoms with E-state index < -0.39 is 23.7 Å². The first kappa shape index (κ1) is 21.1. The first-order valence-corrected chi connectivity index (χ1v) is 12.3. The molecule has 4 bridgehead atoms. The smallest absolute Gasteiger partial charge is 0.304 e. The number of carbonyl (C=O) groups excluding carboxylic acids is 2. The number of esters is 1. The van der Waals surface area contributed by atoms with Crippen molar-refractivity contribution < 1.29 is 19.4 Å². The van der Waals surface area contributed by atoms with Crippen molar-refractivity contribution in [1.29, 1.82) is 0 Å². The molecule has 4 saturated carbocycles. The van der Waals surface area contributed by atoms with Crippen molar-refractivity contribution in [2.75, 3.05) is 0 Å². The number of carbonyl (C=O) groups is 2. The van der Waals surface area contributed by atoms with E-state index in [1.807, 2.05) is 30.3 Å². The monoisotopic (exact) mass is 441 g/mol. The zero-order valence-corrected chi connectivity index (χ0v) is 19.0. The van der Waals surface area contributed by atoms with Gasteiger partial charge in [0.25, 0.3) is 0 Å². The van der Waals surface area contributed by atoms with Crippen LogP contribution < -0.4 is 0 Å². The number of nitrogens with zero attached hydrogens (tertiary/aromatic N) is 1. The highest BCUT2D eigenvalue weighted by molar-refractivity contribution is 8.01. The van der Waals surface area contributed by atoms with Crippen molar-refractivity contribution in [2.45, 2.75) is 74.8 Å². The Morgan fingerprint density at radius 3 is 2.13 bits per heavy atom. The molecule has 1 heterocycles. The van der Waals surface area contributed by atoms with Crippen LogP contribution in [-0.2, 0) is 14.3 Å². The summed E-state index contributed by atoms with van der Waals surface area (Å²) in [6.45, 7) is 2.87. The Morgan fingerprint density at radius 1 is 1.03 bits per heavy atom. The highest BCUT2D eigenvalue weighted by atomic mass is 32.2. The summed E-state index contributed by atoms with van der Waals surface area (Å²) >= 11 is 1.77. The summed E-state index contributed by atoms with van der Waals surface area (Å²) in [6.07, 6.45) is 7.70. The molecule has 5 aliphatic rings. The molecule has 5 nitrogen and oxygen atoms in total. The quantitative estimate of drug-likeness (QED) is 0.709. The number of thioether (sulfide) groups is 1. The van der Waals surface area contributed by atoms with Crippen LogP contribution in [0.25, 0.3) is 5.57 Å². The minimum atomic E-state index is -0.827. The third kappa shape index (κ3) is 3.93. The van der Waals surface area contributed by atoms with Gasteiger partial charge in [0.05, 0.1) is 0 Å². The van der Waals surface area contributed by atoms with Crippen molar-refractivity contribution in [3.8, 4) is 0 Å². The molecule has 1 aromatic carbocycles. The number of benzene rings is 1. The Bertz CT molecular complexity index is 863. The van der Waals surface area contributed by atoms with E-state index in [-0.39, 0.29) is 10.7 Å². The molecule has 166 valence electrons. The third-order valence-electron chi connectivity index (χ3n) is 7.54. The van der Waals surface area contributed by atoms with Crippen LogP contribution in [0.1, 0.15) is 57.9 Å². The van der Waals surface area contributed by atoms with Crippen molar-refractivity contribution in [2.24, 2.45) is 17.8 Å². The molecule has 1 aliphatic heterocycles. The fourth-order valence-electron chi connectivity index (χ4n) is 6.85. The predicted octanol–water partition coefficient (Wildman–Crippen LogP) is 4.21. The number of amides is 1. The molecule has 31 heavy (non-hydrogen) atoms. The molecular weight excluding hydrogens is 410 g/mol. The van der Waals surface area contributed by atoms with Crippen LogP contribution in [0.2, 0.25) is 0 Å². The second-order valence-electron chi connectivity index (χ2n) is 9.98. The van der Waals surface area contributed by atoms with E-state index in [9.17, 15) is 14.7 Å². The van der Waals surface area contributed by atoms with Crippen LogP contribution in [0.15, 0.2) is 36.4 Å². The van der Waals surface area contributed by atoms with Gasteiger partial charge in [-0.25, -0.2) is 0 Å². The van der Waals surface area contributed by atoms with Gasteiger partial charge in [-0.2, -0.15) is 0 Å². The summed E-state index contributed by atoms with van der Waals surface area (Å²) in [5.41, 5.74) is 1.51. The van der Waals surface area contributed by atoms with Gasteiger partial charge in [-0.15, -0.1) is 11.8 Å². The second kappa shape index (κ2) is 7.96. The topological polar surface area (TPSA) is 66.8 Å². The third-order valence-corrected chi connectivity index (χ3v) is 9.28. The average Bonchev–Trinajstić information content (AvgIpc) is 2.69. The molecular formula is C25H31NO4S. The van der Waals surface area contributed by atoms with E-state index in [0.29, 0.717) is 5.57 Å². The average molecular weight is 442 g/mol. The summed E-state index contributed by atoms with van der Waals surface area (Å²) in [6, 6.07) is 9.56. The molecule has 4 aliphatic carbocycles. The summed E-state index contributed by atoms with van der Waals surface area (Å²) in [4.78, 5) is 26.5. The maximum Gasteiger partial charge on any atom is 0.304 e. The number of aliphatic hydroxyl groups excluding tert-OH is 1. The number of ether oxygens (including phenoxy) is 1. The molecule has 1 aromatic rings. The van der Waals surface area contributed by atoms with Gasteiger partial charge in [0.15, 0.2) is 0 Å². The summed E-state index contributed by atoms with van der Waals surface area (Å²) in [5.74, 6) is 1.72. The maximum absolute atomic E-state index is 12.9. The molecule has 0 aromatic heterocycles. The molecule has 4 fully saturated rings. The molecule has 1 N–H and O–H groups in total. The number of rotatable bonds is 4. The van der Waals surface area contributed by atoms with Crippen LogP contribution >= 0.6 is 11.8 Å². The lowest BCUT2D eigenvalue weighted by Crippen LogP contribution is -2.57. The Labute approximate surface area is 188 Å². The molecule has 1 amide bonds. The van der Waals surface area contributed by atoms with Crippen LogP contribution in [0.5, 0.6) is 0 Å². The van der Waals surface area contributed by atoms with Gasteiger partial charge in [-0.05, 0) is 67.9 Å². The van der Waals surface area contributed by atoms with Gasteiger partial charge in [0.2, 0.25) is 12.1 Å². The van der Waals surface area contributed by atoms with Crippen molar-refractivity contribution in [3.63, 3.8) is 0 Å². The molecule has 0 spiro atoms. The maximum atomic E-state index is 12.9. The predicted molar refractivity (Wildman–Crippen MR) is 121 cm³/mol. The fraction of sp³-hybridized carbons (Fsp3) is 0.600. The largest absolute Gasteiger partial charge is 0.437 e. The molecule has 3 atom stereocenters. The molecule has 0 unspecified atom stereocenters. The number of hydrogen-bond acceptors (Lipinski definition) is 5. The Kier molecular flexibility index (Phi) is 5.41. The fourth-order valence-corrected chi connectivity index (χ4v) is 8.94. The summed E-state index contributed by atoms with van der Waals surface area (Å²) in [7, 11) is 0. The lowest BCUT2D eigenvalue weighted by Gasteiger charge is -2.58. The van der Waals surface area contributed by atoms with E-state index >= 15 is 0 Å². The summed E-state index contributed by atoms with van der Waals surface area (Å²) < 4.78 is 5.82. The van der Waals surface area contributed by atoms with E-state index in [1.54, 1.807) is 22.7 Å². The van der Waals surface area contributed by atoms with Crippen molar-refractivity contribution in [3.05, 3.63) is 42.0 Å². The standard InChI is InChI=1S/C25H31NO4S/c1-15(27)26-23(30-16(2)28)21(20-6-4-3-5-7-20)11-22(29)24(26)31-25-12-17-8-18(13-25)10-19(9-17)14-25/h3-7,11,17-19,22-24,29H,8-10,12-14H2,1-2H3/t17?,18?,19?,22-,23-,24+,25?/m1/s1. The minimum absolute atomic E-state index is 0.118. The van der Waals surface area contributed by atoms with E-state index in [0.717, 1.165) is 23.3 Å². The molecule has 6 heteroatoms. The highest BCUT2D eigenvalue weighted by Gasteiger charge is 2.54. The van der Waals surface area contributed by atoms with Gasteiger partial charge in [0, 0.05) is 24.2 Å². The zero-order valence-electron chi connectivity index (χ0n) is 18.2. The lowest BCUT2D eigenvalue weighted by atomic mass is 9.56. The zero-order chi connectivity index (χ0) is 21.8. The van der Waals surface area contributed by atoms with Gasteiger partial charge >= 0.3 is 5.97 Å². The number of hydrogen-bond donors (Lipinski definition) is 1. The van der Waals surface area contributed by atoms with Crippen molar-refractivity contribution in [1.82, 2.24) is 4.90 Å². The Hall–Kier alpha value is -1.79. The summed E-state index contributed by atoms with van der Waals surface area (Å²) in [5, 5.41) is 10.8. The second-order valence-corrected chi connectivity index (χ2v) is 11.6. The normalized spacial score (nSPS) is 38.7. The molecule has 0 saturated heterocycles. The van der Waals surface area contributed by atoms with E-state index in [1.165, 1.54) is 52.4 Å². The lowest BCUT2D eigenvalue weighted by molar-refractivity contribution is -0.159. The van der Waals surface area contributed by atoms with E-state index in [2.05, 4.69) is 0 Å². The Balaban J connectivity index is 1.50. The van der Waals surface area contributed by atoms with Crippen LogP contribution in [0.3, 0.4) is 0 Å². The molecule has 0 radical (unpaired) electrons. The van der Waals surface area contributed by atoms with Gasteiger partial charge in [-0.1, -0.05) is 30.3 Å². The van der Waals surface area contributed by atoms with E-state index in [4.69, 9.17) is 4.74 Å².